The summed E-state index contributed by atoms with van der Waals surface area (Å²) in [7, 11) is -2.23. The molecule has 178 valence electrons. The van der Waals surface area contributed by atoms with Crippen LogP contribution < -0.4 is 19.1 Å². The zero-order valence-corrected chi connectivity index (χ0v) is 20.4. The van der Waals surface area contributed by atoms with Gasteiger partial charge in [0.25, 0.3) is 15.9 Å². The van der Waals surface area contributed by atoms with Crippen LogP contribution in [0.2, 0.25) is 5.02 Å². The summed E-state index contributed by atoms with van der Waals surface area (Å²) in [5.74, 6) is 0.496. The average Bonchev–Trinajstić information content (AvgIpc) is 2.83. The lowest BCUT2D eigenvalue weighted by Crippen LogP contribution is -2.35. The first-order valence-corrected chi connectivity index (χ1v) is 12.6. The number of carbonyl (C=O) groups excluding carboxylic acids is 1. The summed E-state index contributed by atoms with van der Waals surface area (Å²) in [6.45, 7) is 1.92. The molecule has 3 aromatic rings. The summed E-state index contributed by atoms with van der Waals surface area (Å²) < 4.78 is 39.1. The first-order valence-electron chi connectivity index (χ1n) is 10.8. The van der Waals surface area contributed by atoms with Crippen molar-refractivity contribution in [2.45, 2.75) is 24.7 Å². The molecule has 1 aliphatic rings. The molecule has 7 nitrogen and oxygen atoms in total. The van der Waals surface area contributed by atoms with Gasteiger partial charge >= 0.3 is 0 Å². The van der Waals surface area contributed by atoms with Crippen molar-refractivity contribution < 1.29 is 22.7 Å². The Labute approximate surface area is 204 Å². The van der Waals surface area contributed by atoms with E-state index in [0.717, 1.165) is 24.1 Å². The number of nitrogens with one attached hydrogen (secondary N) is 1. The van der Waals surface area contributed by atoms with Crippen LogP contribution in [0, 0.1) is 6.92 Å². The van der Waals surface area contributed by atoms with Crippen LogP contribution in [0.25, 0.3) is 0 Å². The highest BCUT2D eigenvalue weighted by Gasteiger charge is 2.29. The number of anilines is 2. The van der Waals surface area contributed by atoms with Crippen molar-refractivity contribution in [3.05, 3.63) is 76.8 Å². The number of para-hydroxylation sites is 1. The van der Waals surface area contributed by atoms with Crippen LogP contribution in [-0.4, -0.2) is 34.6 Å². The number of amides is 1. The van der Waals surface area contributed by atoms with E-state index in [4.69, 9.17) is 21.1 Å². The molecule has 0 saturated carbocycles. The Balaban J connectivity index is 1.47. The Hall–Kier alpha value is -3.23. The number of rotatable bonds is 7. The first-order chi connectivity index (χ1) is 16.3. The Morgan fingerprint density at radius 2 is 1.85 bits per heavy atom. The molecule has 0 fully saturated rings. The number of hydrogen-bond donors (Lipinski definition) is 1. The molecule has 0 aliphatic carbocycles. The number of hydrogen-bond acceptors (Lipinski definition) is 5. The quantitative estimate of drug-likeness (QED) is 0.503. The molecular weight excluding hydrogens is 476 g/mol. The van der Waals surface area contributed by atoms with Gasteiger partial charge < -0.3 is 14.8 Å². The minimum absolute atomic E-state index is 0.183. The van der Waals surface area contributed by atoms with E-state index in [1.165, 1.54) is 17.5 Å². The smallest absolute Gasteiger partial charge is 0.264 e. The Bertz CT molecular complexity index is 1330. The van der Waals surface area contributed by atoms with Crippen LogP contribution in [0.15, 0.2) is 65.6 Å². The number of sulfonamides is 1. The van der Waals surface area contributed by atoms with Crippen molar-refractivity contribution in [2.24, 2.45) is 0 Å². The van der Waals surface area contributed by atoms with Gasteiger partial charge in [-0.1, -0.05) is 29.8 Å². The lowest BCUT2D eigenvalue weighted by Gasteiger charge is -2.30. The maximum atomic E-state index is 13.4. The van der Waals surface area contributed by atoms with Gasteiger partial charge in [0.2, 0.25) is 0 Å². The van der Waals surface area contributed by atoms with E-state index < -0.39 is 15.9 Å². The SMILES string of the molecule is COc1ccc(Cl)cc1NC(=O)COc1ccc(S(=O)(=O)N2CCCc3ccccc32)cc1C. The molecule has 0 radical (unpaired) electrons. The predicted molar refractivity (Wildman–Crippen MR) is 133 cm³/mol. The van der Waals surface area contributed by atoms with Gasteiger partial charge in [-0.05, 0) is 73.4 Å². The van der Waals surface area contributed by atoms with E-state index in [-0.39, 0.29) is 11.5 Å². The fourth-order valence-corrected chi connectivity index (χ4v) is 5.73. The fraction of sp³-hybridized carbons (Fsp3) is 0.240. The van der Waals surface area contributed by atoms with Gasteiger partial charge in [0.15, 0.2) is 6.61 Å². The van der Waals surface area contributed by atoms with Crippen molar-refractivity contribution in [1.29, 1.82) is 0 Å². The van der Waals surface area contributed by atoms with Crippen LogP contribution in [0.3, 0.4) is 0 Å². The number of methoxy groups -OCH3 is 1. The predicted octanol–water partition coefficient (Wildman–Crippen LogP) is 4.82. The second kappa shape index (κ2) is 9.95. The zero-order valence-electron chi connectivity index (χ0n) is 18.9. The van der Waals surface area contributed by atoms with Crippen LogP contribution in [0.4, 0.5) is 11.4 Å². The number of carbonyl (C=O) groups is 1. The Morgan fingerprint density at radius 3 is 2.62 bits per heavy atom. The molecule has 0 bridgehead atoms. The van der Waals surface area contributed by atoms with E-state index in [0.29, 0.717) is 34.3 Å². The van der Waals surface area contributed by atoms with Gasteiger partial charge in [-0.3, -0.25) is 9.10 Å². The molecule has 3 aromatic carbocycles. The number of halogens is 1. The van der Waals surface area contributed by atoms with Gasteiger partial charge in [-0.25, -0.2) is 8.42 Å². The number of fused-ring (bicyclic) bond motifs is 1. The summed E-state index contributed by atoms with van der Waals surface area (Å²) in [6.07, 6.45) is 1.63. The molecule has 0 unspecified atom stereocenters. The fourth-order valence-electron chi connectivity index (χ4n) is 3.93. The maximum Gasteiger partial charge on any atom is 0.264 e. The molecular formula is C25H25ClN2O5S. The topological polar surface area (TPSA) is 84.9 Å². The Kier molecular flexibility index (Phi) is 7.00. The summed E-state index contributed by atoms with van der Waals surface area (Å²) in [5.41, 5.74) is 2.79. The molecule has 0 aromatic heterocycles. The molecule has 1 aliphatic heterocycles. The minimum atomic E-state index is -3.73. The third kappa shape index (κ3) is 4.98. The second-order valence-corrected chi connectivity index (χ2v) is 10.2. The molecule has 9 heteroatoms. The minimum Gasteiger partial charge on any atom is -0.495 e. The van der Waals surface area contributed by atoms with E-state index in [1.54, 1.807) is 37.3 Å². The number of ether oxygens (including phenoxy) is 2. The Morgan fingerprint density at radius 1 is 1.09 bits per heavy atom. The van der Waals surface area contributed by atoms with Crippen molar-refractivity contribution in [2.75, 3.05) is 29.9 Å². The number of benzene rings is 3. The first kappa shape index (κ1) is 23.9. The molecule has 34 heavy (non-hydrogen) atoms. The molecule has 4 rings (SSSR count). The molecule has 1 amide bonds. The van der Waals surface area contributed by atoms with Gasteiger partial charge in [-0.15, -0.1) is 0 Å². The van der Waals surface area contributed by atoms with Gasteiger partial charge in [0, 0.05) is 11.6 Å². The van der Waals surface area contributed by atoms with Crippen molar-refractivity contribution in [3.8, 4) is 11.5 Å². The maximum absolute atomic E-state index is 13.4. The molecule has 0 spiro atoms. The van der Waals surface area contributed by atoms with Crippen LogP contribution in [0.5, 0.6) is 11.5 Å². The van der Waals surface area contributed by atoms with Crippen molar-refractivity contribution >= 4 is 38.9 Å². The lowest BCUT2D eigenvalue weighted by atomic mass is 10.0. The van der Waals surface area contributed by atoms with Crippen molar-refractivity contribution in [3.63, 3.8) is 0 Å². The van der Waals surface area contributed by atoms with Crippen LogP contribution >= 0.6 is 11.6 Å². The molecule has 0 atom stereocenters. The summed E-state index contributed by atoms with van der Waals surface area (Å²) in [5, 5.41) is 3.16. The monoisotopic (exact) mass is 500 g/mol. The van der Waals surface area contributed by atoms with Gasteiger partial charge in [-0.2, -0.15) is 0 Å². The van der Waals surface area contributed by atoms with Crippen molar-refractivity contribution in [1.82, 2.24) is 0 Å². The van der Waals surface area contributed by atoms with E-state index in [2.05, 4.69) is 5.32 Å². The summed E-state index contributed by atoms with van der Waals surface area (Å²) >= 11 is 6.00. The highest BCUT2D eigenvalue weighted by Crippen LogP contribution is 2.33. The standard InChI is InChI=1S/C25H25ClN2O5S/c1-17-14-20(34(30,31)28-13-5-7-18-6-3-4-8-22(18)28)10-12-23(17)33-16-25(29)27-21-15-19(26)9-11-24(21)32-2/h3-4,6,8-12,14-15H,5,7,13,16H2,1-2H3,(H,27,29). The largest absolute Gasteiger partial charge is 0.495 e. The normalized spacial score (nSPS) is 13.2. The summed E-state index contributed by atoms with van der Waals surface area (Å²) in [6, 6.07) is 17.1. The van der Waals surface area contributed by atoms with Gasteiger partial charge in [0.1, 0.15) is 11.5 Å². The van der Waals surface area contributed by atoms with E-state index >= 15 is 0 Å². The molecule has 1 N–H and O–H groups in total. The molecule has 0 saturated heterocycles. The number of aryl methyl sites for hydroxylation is 2. The zero-order chi connectivity index (χ0) is 24.3. The van der Waals surface area contributed by atoms with E-state index in [1.807, 2.05) is 24.3 Å². The third-order valence-electron chi connectivity index (χ3n) is 5.60. The summed E-state index contributed by atoms with van der Waals surface area (Å²) in [4.78, 5) is 12.6. The van der Waals surface area contributed by atoms with Gasteiger partial charge in [0.05, 0.1) is 23.4 Å². The van der Waals surface area contributed by atoms with E-state index in [9.17, 15) is 13.2 Å². The second-order valence-electron chi connectivity index (χ2n) is 7.92. The third-order valence-corrected chi connectivity index (χ3v) is 7.64. The van der Waals surface area contributed by atoms with Crippen LogP contribution in [0.1, 0.15) is 17.5 Å². The van der Waals surface area contributed by atoms with Crippen LogP contribution in [-0.2, 0) is 21.2 Å². The highest BCUT2D eigenvalue weighted by atomic mass is 35.5. The highest BCUT2D eigenvalue weighted by molar-refractivity contribution is 7.92. The number of nitrogens with zero attached hydrogens (tertiary/aromatic N) is 1. The molecule has 1 heterocycles. The average molecular weight is 501 g/mol. The lowest BCUT2D eigenvalue weighted by molar-refractivity contribution is -0.118.